The van der Waals surface area contributed by atoms with Crippen molar-refractivity contribution < 1.29 is 9.59 Å². The third-order valence-corrected chi connectivity index (χ3v) is 2.45. The molecule has 1 aromatic rings. The monoisotopic (exact) mass is 191 g/mol. The molecule has 1 rings (SSSR count). The zero-order valence-corrected chi connectivity index (χ0v) is 8.07. The second-order valence-corrected chi connectivity index (χ2v) is 3.43. The molecule has 0 aliphatic carbocycles. The Morgan fingerprint density at radius 1 is 1.43 bits per heavy atom. The minimum Gasteiger partial charge on any atom is -0.369 e. The van der Waals surface area contributed by atoms with Crippen LogP contribution in [0.5, 0.6) is 0 Å². The normalized spacial score (nSPS) is 14.4. The van der Waals surface area contributed by atoms with Crippen LogP contribution in [0.2, 0.25) is 0 Å². The number of nitrogens with two attached hydrogens (primary N) is 1. The molecule has 0 aliphatic heterocycles. The highest BCUT2D eigenvalue weighted by molar-refractivity contribution is 5.88. The van der Waals surface area contributed by atoms with Gasteiger partial charge in [-0.1, -0.05) is 30.3 Å². The van der Waals surface area contributed by atoms with E-state index >= 15 is 0 Å². The van der Waals surface area contributed by atoms with Gasteiger partial charge in [-0.05, 0) is 12.5 Å². The standard InChI is InChI=1S/C11H13NO2/c1-11(7-8-13,10(12)14)9-5-3-2-4-6-9/h2-6,8H,7H2,1H3,(H2,12,14). The number of hydrogen-bond donors (Lipinski definition) is 1. The topological polar surface area (TPSA) is 60.2 Å². The van der Waals surface area contributed by atoms with Gasteiger partial charge in [-0.25, -0.2) is 0 Å². The zero-order valence-electron chi connectivity index (χ0n) is 8.07. The summed E-state index contributed by atoms with van der Waals surface area (Å²) >= 11 is 0. The van der Waals surface area contributed by atoms with Crippen LogP contribution in [0.25, 0.3) is 0 Å². The third-order valence-electron chi connectivity index (χ3n) is 2.45. The Morgan fingerprint density at radius 3 is 2.43 bits per heavy atom. The summed E-state index contributed by atoms with van der Waals surface area (Å²) in [4.78, 5) is 21.8. The fourth-order valence-corrected chi connectivity index (χ4v) is 1.33. The first-order valence-corrected chi connectivity index (χ1v) is 4.40. The molecule has 14 heavy (non-hydrogen) atoms. The molecular weight excluding hydrogens is 178 g/mol. The predicted octanol–water partition coefficient (Wildman–Crippen LogP) is 1.02. The summed E-state index contributed by atoms with van der Waals surface area (Å²) in [5.74, 6) is -0.476. The van der Waals surface area contributed by atoms with Crippen LogP contribution in [0.15, 0.2) is 30.3 Å². The first-order chi connectivity index (χ1) is 6.61. The minimum atomic E-state index is -0.886. The first-order valence-electron chi connectivity index (χ1n) is 4.40. The molecule has 1 aromatic carbocycles. The van der Waals surface area contributed by atoms with E-state index in [2.05, 4.69) is 0 Å². The average Bonchev–Trinajstić information content (AvgIpc) is 2.19. The van der Waals surface area contributed by atoms with Crippen LogP contribution in [0.3, 0.4) is 0 Å². The molecule has 3 heteroatoms. The lowest BCUT2D eigenvalue weighted by Crippen LogP contribution is -2.38. The number of carbonyl (C=O) groups is 2. The Labute approximate surface area is 82.9 Å². The Hall–Kier alpha value is -1.64. The molecule has 2 N–H and O–H groups in total. The van der Waals surface area contributed by atoms with Crippen molar-refractivity contribution in [3.8, 4) is 0 Å². The van der Waals surface area contributed by atoms with Crippen LogP contribution in [0.4, 0.5) is 0 Å². The van der Waals surface area contributed by atoms with Crippen LogP contribution in [-0.4, -0.2) is 12.2 Å². The van der Waals surface area contributed by atoms with Crippen molar-refractivity contribution in [2.45, 2.75) is 18.8 Å². The molecule has 0 spiro atoms. The summed E-state index contributed by atoms with van der Waals surface area (Å²) < 4.78 is 0. The Bertz CT molecular complexity index is 334. The van der Waals surface area contributed by atoms with Gasteiger partial charge in [-0.3, -0.25) is 4.79 Å². The Balaban J connectivity index is 3.12. The zero-order chi connectivity index (χ0) is 10.6. The lowest BCUT2D eigenvalue weighted by Gasteiger charge is -2.23. The third kappa shape index (κ3) is 1.82. The number of aldehydes is 1. The fourth-order valence-electron chi connectivity index (χ4n) is 1.33. The lowest BCUT2D eigenvalue weighted by atomic mass is 9.79. The number of rotatable bonds is 4. The maximum Gasteiger partial charge on any atom is 0.228 e. The molecule has 0 heterocycles. The summed E-state index contributed by atoms with van der Waals surface area (Å²) in [7, 11) is 0. The summed E-state index contributed by atoms with van der Waals surface area (Å²) in [6.45, 7) is 1.68. The van der Waals surface area contributed by atoms with Gasteiger partial charge >= 0.3 is 0 Å². The molecule has 0 radical (unpaired) electrons. The van der Waals surface area contributed by atoms with Gasteiger partial charge in [0.2, 0.25) is 5.91 Å². The predicted molar refractivity (Wildman–Crippen MR) is 53.7 cm³/mol. The minimum absolute atomic E-state index is 0.117. The van der Waals surface area contributed by atoms with Crippen molar-refractivity contribution in [3.63, 3.8) is 0 Å². The van der Waals surface area contributed by atoms with E-state index < -0.39 is 11.3 Å². The van der Waals surface area contributed by atoms with Gasteiger partial charge in [0.1, 0.15) is 6.29 Å². The second kappa shape index (κ2) is 4.05. The fraction of sp³-hybridized carbons (Fsp3) is 0.273. The van der Waals surface area contributed by atoms with E-state index in [0.29, 0.717) is 0 Å². The van der Waals surface area contributed by atoms with E-state index in [9.17, 15) is 9.59 Å². The van der Waals surface area contributed by atoms with Crippen LogP contribution < -0.4 is 5.73 Å². The molecular formula is C11H13NO2. The second-order valence-electron chi connectivity index (χ2n) is 3.43. The average molecular weight is 191 g/mol. The molecule has 1 atom stereocenters. The molecule has 1 amide bonds. The van der Waals surface area contributed by atoms with Crippen LogP contribution >= 0.6 is 0 Å². The van der Waals surface area contributed by atoms with Crippen LogP contribution in [-0.2, 0) is 15.0 Å². The van der Waals surface area contributed by atoms with Gasteiger partial charge in [0.15, 0.2) is 0 Å². The molecule has 1 unspecified atom stereocenters. The van der Waals surface area contributed by atoms with Crippen LogP contribution in [0, 0.1) is 0 Å². The van der Waals surface area contributed by atoms with Gasteiger partial charge in [-0.2, -0.15) is 0 Å². The van der Waals surface area contributed by atoms with Crippen molar-refractivity contribution in [2.24, 2.45) is 5.73 Å². The first kappa shape index (κ1) is 10.4. The van der Waals surface area contributed by atoms with E-state index in [1.54, 1.807) is 19.1 Å². The molecule has 0 saturated carbocycles. The number of benzene rings is 1. The number of hydrogen-bond acceptors (Lipinski definition) is 2. The van der Waals surface area contributed by atoms with Gasteiger partial charge in [0.05, 0.1) is 5.41 Å². The lowest BCUT2D eigenvalue weighted by molar-refractivity contribution is -0.125. The van der Waals surface area contributed by atoms with Crippen molar-refractivity contribution in [1.29, 1.82) is 0 Å². The van der Waals surface area contributed by atoms with Gasteiger partial charge < -0.3 is 10.5 Å². The van der Waals surface area contributed by atoms with Crippen LogP contribution in [0.1, 0.15) is 18.9 Å². The molecule has 0 fully saturated rings. The van der Waals surface area contributed by atoms with E-state index in [0.717, 1.165) is 11.8 Å². The van der Waals surface area contributed by atoms with Crippen molar-refractivity contribution in [1.82, 2.24) is 0 Å². The number of carbonyl (C=O) groups excluding carboxylic acids is 2. The van der Waals surface area contributed by atoms with E-state index in [4.69, 9.17) is 5.73 Å². The highest BCUT2D eigenvalue weighted by Gasteiger charge is 2.32. The maximum absolute atomic E-state index is 11.3. The highest BCUT2D eigenvalue weighted by Crippen LogP contribution is 2.25. The highest BCUT2D eigenvalue weighted by atomic mass is 16.1. The summed E-state index contributed by atoms with van der Waals surface area (Å²) in [6, 6.07) is 9.09. The van der Waals surface area contributed by atoms with Crippen molar-refractivity contribution in [3.05, 3.63) is 35.9 Å². The van der Waals surface area contributed by atoms with Crippen molar-refractivity contribution in [2.75, 3.05) is 0 Å². The van der Waals surface area contributed by atoms with E-state index in [1.165, 1.54) is 0 Å². The van der Waals surface area contributed by atoms with E-state index in [-0.39, 0.29) is 6.42 Å². The van der Waals surface area contributed by atoms with E-state index in [1.807, 2.05) is 18.2 Å². The summed E-state index contributed by atoms with van der Waals surface area (Å²) in [5.41, 5.74) is 5.18. The number of amides is 1. The molecule has 3 nitrogen and oxygen atoms in total. The largest absolute Gasteiger partial charge is 0.369 e. The SMILES string of the molecule is CC(CC=O)(C(N)=O)c1ccccc1. The molecule has 0 saturated heterocycles. The quantitative estimate of drug-likeness (QED) is 0.722. The maximum atomic E-state index is 11.3. The van der Waals surface area contributed by atoms with Gasteiger partial charge in [0, 0.05) is 6.42 Å². The smallest absolute Gasteiger partial charge is 0.228 e. The number of primary amides is 1. The molecule has 0 bridgehead atoms. The van der Waals surface area contributed by atoms with Crippen molar-refractivity contribution >= 4 is 12.2 Å². The molecule has 0 aliphatic rings. The van der Waals surface area contributed by atoms with Gasteiger partial charge in [-0.15, -0.1) is 0 Å². The molecule has 0 aromatic heterocycles. The molecule has 74 valence electrons. The summed E-state index contributed by atoms with van der Waals surface area (Å²) in [6.07, 6.45) is 0.837. The Kier molecular flexibility index (Phi) is 3.02. The summed E-state index contributed by atoms with van der Waals surface area (Å²) in [5, 5.41) is 0. The van der Waals surface area contributed by atoms with Gasteiger partial charge in [0.25, 0.3) is 0 Å². The Morgan fingerprint density at radius 2 is 2.00 bits per heavy atom.